The molecule has 2 nitrogen and oxygen atoms in total. The van der Waals surface area contributed by atoms with Crippen LogP contribution < -0.4 is 11.1 Å². The number of nitrogens with one attached hydrogen (secondary N) is 1. The van der Waals surface area contributed by atoms with Gasteiger partial charge in [0.15, 0.2) is 0 Å². The zero-order valence-electron chi connectivity index (χ0n) is 10.2. The molecule has 5 heteroatoms. The molecular formula is C14H12ClFN2S. The first kappa shape index (κ1) is 13.8. The van der Waals surface area contributed by atoms with Crippen LogP contribution in [0.2, 0.25) is 5.02 Å². The number of anilines is 2. The summed E-state index contributed by atoms with van der Waals surface area (Å²) in [5.41, 5.74) is 8.80. The van der Waals surface area contributed by atoms with Crippen molar-refractivity contribution in [2.45, 2.75) is 6.92 Å². The maximum atomic E-state index is 13.2. The highest BCUT2D eigenvalue weighted by molar-refractivity contribution is 7.80. The number of aryl methyl sites for hydroxylation is 1. The molecule has 0 aliphatic carbocycles. The van der Waals surface area contributed by atoms with Crippen molar-refractivity contribution >= 4 is 40.2 Å². The fourth-order valence-electron chi connectivity index (χ4n) is 1.81. The Morgan fingerprint density at radius 2 is 1.95 bits per heavy atom. The summed E-state index contributed by atoms with van der Waals surface area (Å²) in [5.74, 6) is -0.383. The van der Waals surface area contributed by atoms with Crippen molar-refractivity contribution in [1.29, 1.82) is 0 Å². The number of nitrogens with two attached hydrogens (primary N) is 1. The van der Waals surface area contributed by atoms with Crippen LogP contribution in [-0.4, -0.2) is 4.99 Å². The summed E-state index contributed by atoms with van der Waals surface area (Å²) in [4.78, 5) is 0.359. The molecular weight excluding hydrogens is 283 g/mol. The summed E-state index contributed by atoms with van der Waals surface area (Å²) in [6, 6.07) is 9.85. The Labute approximate surface area is 121 Å². The zero-order chi connectivity index (χ0) is 14.0. The van der Waals surface area contributed by atoms with E-state index < -0.39 is 0 Å². The van der Waals surface area contributed by atoms with Crippen LogP contribution in [-0.2, 0) is 0 Å². The Morgan fingerprint density at radius 1 is 1.21 bits per heavy atom. The first-order valence-electron chi connectivity index (χ1n) is 5.59. The minimum atomic E-state index is -0.383. The van der Waals surface area contributed by atoms with Gasteiger partial charge in [-0.05, 0) is 48.9 Å². The third kappa shape index (κ3) is 3.43. The van der Waals surface area contributed by atoms with Crippen molar-refractivity contribution in [3.8, 4) is 0 Å². The lowest BCUT2D eigenvalue weighted by molar-refractivity contribution is 0.628. The summed E-state index contributed by atoms with van der Waals surface area (Å²) in [7, 11) is 0. The van der Waals surface area contributed by atoms with E-state index in [1.54, 1.807) is 6.07 Å². The normalized spacial score (nSPS) is 10.3. The number of hydrogen-bond acceptors (Lipinski definition) is 2. The molecule has 0 aliphatic heterocycles. The number of rotatable bonds is 3. The second-order valence-corrected chi connectivity index (χ2v) is 5.05. The molecule has 2 aromatic rings. The average molecular weight is 295 g/mol. The lowest BCUT2D eigenvalue weighted by atomic mass is 10.1. The molecule has 0 saturated heterocycles. The van der Waals surface area contributed by atoms with Crippen molar-refractivity contribution < 1.29 is 4.39 Å². The minimum absolute atomic E-state index is 0.346. The van der Waals surface area contributed by atoms with E-state index in [2.05, 4.69) is 5.32 Å². The van der Waals surface area contributed by atoms with Crippen molar-refractivity contribution in [1.82, 2.24) is 0 Å². The van der Waals surface area contributed by atoms with E-state index in [1.165, 1.54) is 12.1 Å². The van der Waals surface area contributed by atoms with Gasteiger partial charge in [0.05, 0.1) is 0 Å². The lowest BCUT2D eigenvalue weighted by Crippen LogP contribution is -2.11. The topological polar surface area (TPSA) is 38.0 Å². The first-order chi connectivity index (χ1) is 8.95. The van der Waals surface area contributed by atoms with Crippen LogP contribution in [0.3, 0.4) is 0 Å². The van der Waals surface area contributed by atoms with Crippen molar-refractivity contribution in [3.63, 3.8) is 0 Å². The smallest absolute Gasteiger partial charge is 0.126 e. The molecule has 98 valence electrons. The maximum Gasteiger partial charge on any atom is 0.126 e. The molecule has 2 aromatic carbocycles. The molecule has 0 spiro atoms. The second-order valence-electron chi connectivity index (χ2n) is 4.18. The summed E-state index contributed by atoms with van der Waals surface area (Å²) in [5, 5.41) is 3.43. The van der Waals surface area contributed by atoms with E-state index in [4.69, 9.17) is 29.6 Å². The van der Waals surface area contributed by atoms with Crippen LogP contribution in [0.15, 0.2) is 36.4 Å². The monoisotopic (exact) mass is 294 g/mol. The molecule has 19 heavy (non-hydrogen) atoms. The van der Waals surface area contributed by atoms with E-state index in [0.29, 0.717) is 15.7 Å². The Balaban J connectivity index is 2.28. The lowest BCUT2D eigenvalue weighted by Gasteiger charge is -2.10. The standard InChI is InChI=1S/C14H12ClFN2S/c1-8-4-11(2-3-13(8)14(17)19)18-12-6-9(15)5-10(16)7-12/h2-7,18H,1H3,(H2,17,19). The predicted octanol–water partition coefficient (Wildman–Crippen LogP) is 4.17. The van der Waals surface area contributed by atoms with Gasteiger partial charge in [0.1, 0.15) is 10.8 Å². The number of benzene rings is 2. The number of thiocarbonyl (C=S) groups is 1. The zero-order valence-corrected chi connectivity index (χ0v) is 11.8. The van der Waals surface area contributed by atoms with E-state index in [1.807, 2.05) is 25.1 Å². The highest BCUT2D eigenvalue weighted by Crippen LogP contribution is 2.23. The second kappa shape index (κ2) is 5.55. The third-order valence-electron chi connectivity index (χ3n) is 2.64. The van der Waals surface area contributed by atoms with Gasteiger partial charge in [0.25, 0.3) is 0 Å². The molecule has 0 heterocycles. The summed E-state index contributed by atoms with van der Waals surface area (Å²) >= 11 is 10.7. The summed E-state index contributed by atoms with van der Waals surface area (Å²) in [6.07, 6.45) is 0. The van der Waals surface area contributed by atoms with Gasteiger partial charge in [-0.2, -0.15) is 0 Å². The van der Waals surface area contributed by atoms with Gasteiger partial charge < -0.3 is 11.1 Å². The fourth-order valence-corrected chi connectivity index (χ4v) is 2.26. The average Bonchev–Trinajstić information content (AvgIpc) is 2.26. The van der Waals surface area contributed by atoms with E-state index in [9.17, 15) is 4.39 Å². The molecule has 0 amide bonds. The molecule has 0 radical (unpaired) electrons. The van der Waals surface area contributed by atoms with E-state index >= 15 is 0 Å². The highest BCUT2D eigenvalue weighted by atomic mass is 35.5. The van der Waals surface area contributed by atoms with Gasteiger partial charge in [-0.1, -0.05) is 23.8 Å². The Hall–Kier alpha value is -1.65. The van der Waals surface area contributed by atoms with Gasteiger partial charge in [-0.3, -0.25) is 0 Å². The Bertz CT molecular complexity index is 623. The van der Waals surface area contributed by atoms with Crippen LogP contribution in [0.4, 0.5) is 15.8 Å². The molecule has 0 bridgehead atoms. The van der Waals surface area contributed by atoms with Crippen LogP contribution in [0.1, 0.15) is 11.1 Å². The third-order valence-corrected chi connectivity index (χ3v) is 3.08. The molecule has 3 N–H and O–H groups in total. The van der Waals surface area contributed by atoms with Gasteiger partial charge in [-0.15, -0.1) is 0 Å². The fraction of sp³-hybridized carbons (Fsp3) is 0.0714. The molecule has 2 rings (SSSR count). The van der Waals surface area contributed by atoms with Crippen LogP contribution in [0, 0.1) is 12.7 Å². The van der Waals surface area contributed by atoms with E-state index in [0.717, 1.165) is 16.8 Å². The number of halogens is 2. The molecule has 0 fully saturated rings. The van der Waals surface area contributed by atoms with E-state index in [-0.39, 0.29) is 5.82 Å². The molecule has 0 saturated carbocycles. The van der Waals surface area contributed by atoms with Gasteiger partial charge in [0, 0.05) is 22.0 Å². The predicted molar refractivity (Wildman–Crippen MR) is 81.8 cm³/mol. The van der Waals surface area contributed by atoms with Crippen LogP contribution in [0.25, 0.3) is 0 Å². The SMILES string of the molecule is Cc1cc(Nc2cc(F)cc(Cl)c2)ccc1C(N)=S. The van der Waals surface area contributed by atoms with Gasteiger partial charge >= 0.3 is 0 Å². The highest BCUT2D eigenvalue weighted by Gasteiger charge is 2.04. The van der Waals surface area contributed by atoms with Crippen molar-refractivity contribution in [2.24, 2.45) is 5.73 Å². The maximum absolute atomic E-state index is 13.2. The van der Waals surface area contributed by atoms with Gasteiger partial charge in [0.2, 0.25) is 0 Å². The van der Waals surface area contributed by atoms with Crippen LogP contribution >= 0.6 is 23.8 Å². The quantitative estimate of drug-likeness (QED) is 0.835. The van der Waals surface area contributed by atoms with Crippen molar-refractivity contribution in [3.05, 3.63) is 58.4 Å². The molecule has 0 atom stereocenters. The van der Waals surface area contributed by atoms with Gasteiger partial charge in [-0.25, -0.2) is 4.39 Å². The van der Waals surface area contributed by atoms with Crippen molar-refractivity contribution in [2.75, 3.05) is 5.32 Å². The molecule has 0 aromatic heterocycles. The first-order valence-corrected chi connectivity index (χ1v) is 6.38. The Morgan fingerprint density at radius 3 is 2.53 bits per heavy atom. The molecule has 0 aliphatic rings. The molecule has 0 unspecified atom stereocenters. The minimum Gasteiger partial charge on any atom is -0.389 e. The summed E-state index contributed by atoms with van der Waals surface area (Å²) in [6.45, 7) is 1.91. The number of hydrogen-bond donors (Lipinski definition) is 2. The Kier molecular flexibility index (Phi) is 4.02. The summed E-state index contributed by atoms with van der Waals surface area (Å²) < 4.78 is 13.2. The largest absolute Gasteiger partial charge is 0.389 e. The van der Waals surface area contributed by atoms with Crippen LogP contribution in [0.5, 0.6) is 0 Å².